The number of aromatic nitrogens is 2. The number of nitrogens with one attached hydrogen (secondary N) is 1. The zero-order valence-corrected chi connectivity index (χ0v) is 8.68. The summed E-state index contributed by atoms with van der Waals surface area (Å²) in [6, 6.07) is 0. The van der Waals surface area contributed by atoms with Crippen LogP contribution >= 0.6 is 0 Å². The molecule has 0 radical (unpaired) electrons. The molecule has 0 amide bonds. The lowest BCUT2D eigenvalue weighted by Crippen LogP contribution is -1.93. The third-order valence-electron chi connectivity index (χ3n) is 1.94. The maximum atomic E-state index is 5.38. The summed E-state index contributed by atoms with van der Waals surface area (Å²) >= 11 is 0. The van der Waals surface area contributed by atoms with Gasteiger partial charge in [0.05, 0.1) is 12.3 Å². The van der Waals surface area contributed by atoms with E-state index < -0.39 is 0 Å². The summed E-state index contributed by atoms with van der Waals surface area (Å²) in [5.41, 5.74) is 0.966. The third kappa shape index (κ3) is 2.76. The van der Waals surface area contributed by atoms with Gasteiger partial charge in [0.25, 0.3) is 0 Å². The fraction of sp³-hybridized carbons (Fsp3) is 0.700. The summed E-state index contributed by atoms with van der Waals surface area (Å²) in [4.78, 5) is 7.57. The molecule has 1 aromatic rings. The molecule has 0 saturated heterocycles. The van der Waals surface area contributed by atoms with Gasteiger partial charge in [0.1, 0.15) is 5.82 Å². The molecule has 0 aliphatic carbocycles. The van der Waals surface area contributed by atoms with E-state index in [1.54, 1.807) is 0 Å². The molecule has 0 saturated carbocycles. The highest BCUT2D eigenvalue weighted by molar-refractivity contribution is 5.19. The molecule has 3 nitrogen and oxygen atoms in total. The van der Waals surface area contributed by atoms with Crippen LogP contribution in [0, 0.1) is 6.92 Å². The third-order valence-corrected chi connectivity index (χ3v) is 1.94. The van der Waals surface area contributed by atoms with Crippen molar-refractivity contribution in [3.8, 4) is 5.88 Å². The molecule has 0 atom stereocenters. The van der Waals surface area contributed by atoms with Crippen LogP contribution in [0.3, 0.4) is 0 Å². The van der Waals surface area contributed by atoms with Gasteiger partial charge < -0.3 is 9.72 Å². The van der Waals surface area contributed by atoms with Crippen LogP contribution in [0.25, 0.3) is 0 Å². The highest BCUT2D eigenvalue weighted by Gasteiger charge is 2.05. The largest absolute Gasteiger partial charge is 0.478 e. The molecule has 1 N–H and O–H groups in total. The lowest BCUT2D eigenvalue weighted by Gasteiger charge is -1.98. The Morgan fingerprint density at radius 3 is 2.77 bits per heavy atom. The normalized spacial score (nSPS) is 10.4. The lowest BCUT2D eigenvalue weighted by molar-refractivity contribution is 0.325. The summed E-state index contributed by atoms with van der Waals surface area (Å²) < 4.78 is 5.38. The summed E-state index contributed by atoms with van der Waals surface area (Å²) in [7, 11) is 0. The van der Waals surface area contributed by atoms with Crippen LogP contribution in [0.5, 0.6) is 5.88 Å². The maximum Gasteiger partial charge on any atom is 0.214 e. The van der Waals surface area contributed by atoms with Crippen LogP contribution in [0.2, 0.25) is 0 Å². The van der Waals surface area contributed by atoms with Crippen molar-refractivity contribution in [3.05, 3.63) is 11.5 Å². The minimum atomic E-state index is 0.691. The molecule has 0 fully saturated rings. The number of H-pyrrole nitrogens is 1. The Hall–Kier alpha value is -0.990. The van der Waals surface area contributed by atoms with Gasteiger partial charge in [-0.2, -0.15) is 0 Å². The van der Waals surface area contributed by atoms with Gasteiger partial charge in [-0.05, 0) is 20.3 Å². The molecule has 0 unspecified atom stereocenters. The van der Waals surface area contributed by atoms with Crippen LogP contribution in [0.1, 0.15) is 38.2 Å². The minimum absolute atomic E-state index is 0.691. The van der Waals surface area contributed by atoms with E-state index in [0.29, 0.717) is 6.61 Å². The molecule has 0 aliphatic heterocycles. The van der Waals surface area contributed by atoms with Gasteiger partial charge in [-0.3, -0.25) is 0 Å². The van der Waals surface area contributed by atoms with Crippen molar-refractivity contribution in [2.24, 2.45) is 0 Å². The van der Waals surface area contributed by atoms with Crippen LogP contribution in [-0.2, 0) is 6.42 Å². The topological polar surface area (TPSA) is 37.9 Å². The summed E-state index contributed by atoms with van der Waals surface area (Å²) in [6.07, 6.45) is 3.40. The number of imidazole rings is 1. The first kappa shape index (κ1) is 10.1. The van der Waals surface area contributed by atoms with Crippen molar-refractivity contribution in [2.75, 3.05) is 6.61 Å². The second kappa shape index (κ2) is 4.90. The van der Waals surface area contributed by atoms with Gasteiger partial charge in [-0.1, -0.05) is 13.3 Å². The van der Waals surface area contributed by atoms with Crippen LogP contribution in [-0.4, -0.2) is 16.6 Å². The molecule has 13 heavy (non-hydrogen) atoms. The Morgan fingerprint density at radius 2 is 2.15 bits per heavy atom. The standard InChI is InChI=1S/C10H18N2O/c1-4-6-7-9-11-8(3)10(12-9)13-5-2/h4-7H2,1-3H3,(H,11,12). The number of aromatic amines is 1. The molecule has 3 heteroatoms. The number of unbranched alkanes of at least 4 members (excludes halogenated alkanes) is 1. The summed E-state index contributed by atoms with van der Waals surface area (Å²) in [5.74, 6) is 1.87. The fourth-order valence-electron chi connectivity index (χ4n) is 1.25. The highest BCUT2D eigenvalue weighted by Crippen LogP contribution is 2.14. The molecule has 74 valence electrons. The Balaban J connectivity index is 2.59. The number of aryl methyl sites for hydroxylation is 2. The Morgan fingerprint density at radius 1 is 1.38 bits per heavy atom. The monoisotopic (exact) mass is 182 g/mol. The van der Waals surface area contributed by atoms with Crippen molar-refractivity contribution in [1.82, 2.24) is 9.97 Å². The lowest BCUT2D eigenvalue weighted by atomic mass is 10.2. The van der Waals surface area contributed by atoms with Crippen molar-refractivity contribution in [1.29, 1.82) is 0 Å². The van der Waals surface area contributed by atoms with Crippen LogP contribution < -0.4 is 4.74 Å². The fourth-order valence-corrected chi connectivity index (χ4v) is 1.25. The summed E-state index contributed by atoms with van der Waals surface area (Å²) in [5, 5.41) is 0. The average Bonchev–Trinajstić information content (AvgIpc) is 2.45. The summed E-state index contributed by atoms with van der Waals surface area (Å²) in [6.45, 7) is 6.82. The first-order valence-electron chi connectivity index (χ1n) is 4.96. The van der Waals surface area contributed by atoms with Crippen LogP contribution in [0.15, 0.2) is 0 Å². The SMILES string of the molecule is CCCCc1nc(C)c(OCC)[nH]1. The van der Waals surface area contributed by atoms with E-state index in [0.717, 1.165) is 23.8 Å². The first-order chi connectivity index (χ1) is 6.27. The number of hydrogen-bond donors (Lipinski definition) is 1. The van der Waals surface area contributed by atoms with E-state index in [2.05, 4.69) is 16.9 Å². The molecule has 0 spiro atoms. The van der Waals surface area contributed by atoms with Gasteiger partial charge >= 0.3 is 0 Å². The van der Waals surface area contributed by atoms with Crippen molar-refractivity contribution in [2.45, 2.75) is 40.0 Å². The van der Waals surface area contributed by atoms with E-state index in [-0.39, 0.29) is 0 Å². The van der Waals surface area contributed by atoms with Crippen molar-refractivity contribution < 1.29 is 4.74 Å². The van der Waals surface area contributed by atoms with Gasteiger partial charge in [0.2, 0.25) is 5.88 Å². The van der Waals surface area contributed by atoms with E-state index in [1.165, 1.54) is 12.8 Å². The molecular formula is C10H18N2O. The number of ether oxygens (including phenoxy) is 1. The molecule has 0 bridgehead atoms. The second-order valence-corrected chi connectivity index (χ2v) is 3.13. The number of hydrogen-bond acceptors (Lipinski definition) is 2. The Kier molecular flexibility index (Phi) is 3.80. The van der Waals surface area contributed by atoms with Gasteiger partial charge in [-0.15, -0.1) is 0 Å². The predicted molar refractivity (Wildman–Crippen MR) is 53.1 cm³/mol. The first-order valence-corrected chi connectivity index (χ1v) is 4.96. The maximum absolute atomic E-state index is 5.38. The van der Waals surface area contributed by atoms with E-state index >= 15 is 0 Å². The second-order valence-electron chi connectivity index (χ2n) is 3.13. The Labute approximate surface area is 79.5 Å². The predicted octanol–water partition coefficient (Wildman–Crippen LogP) is 2.46. The van der Waals surface area contributed by atoms with Crippen molar-refractivity contribution in [3.63, 3.8) is 0 Å². The van der Waals surface area contributed by atoms with Crippen molar-refractivity contribution >= 4 is 0 Å². The highest BCUT2D eigenvalue weighted by atomic mass is 16.5. The van der Waals surface area contributed by atoms with E-state index in [9.17, 15) is 0 Å². The zero-order valence-electron chi connectivity index (χ0n) is 8.68. The van der Waals surface area contributed by atoms with Gasteiger partial charge in [-0.25, -0.2) is 4.98 Å². The Bertz CT molecular complexity index is 255. The molecule has 1 rings (SSSR count). The smallest absolute Gasteiger partial charge is 0.214 e. The molecule has 1 heterocycles. The molecule has 0 aromatic carbocycles. The van der Waals surface area contributed by atoms with E-state index in [4.69, 9.17) is 4.74 Å². The average molecular weight is 182 g/mol. The van der Waals surface area contributed by atoms with Gasteiger partial charge in [0, 0.05) is 6.42 Å². The zero-order chi connectivity index (χ0) is 9.68. The molecular weight excluding hydrogens is 164 g/mol. The minimum Gasteiger partial charge on any atom is -0.478 e. The molecule has 0 aliphatic rings. The van der Waals surface area contributed by atoms with Gasteiger partial charge in [0.15, 0.2) is 0 Å². The number of nitrogens with zero attached hydrogens (tertiary/aromatic N) is 1. The van der Waals surface area contributed by atoms with Crippen LogP contribution in [0.4, 0.5) is 0 Å². The van der Waals surface area contributed by atoms with E-state index in [1.807, 2.05) is 13.8 Å². The quantitative estimate of drug-likeness (QED) is 0.759. The molecule has 1 aromatic heterocycles. The number of rotatable bonds is 5.